The number of amides is 2. The number of halogens is 3. The first-order valence-corrected chi connectivity index (χ1v) is 7.99. The Morgan fingerprint density at radius 3 is 2.65 bits per heavy atom. The second kappa shape index (κ2) is 6.54. The molecule has 0 bridgehead atoms. The minimum atomic E-state index is -0.840. The first-order chi connectivity index (χ1) is 11.0. The second-order valence-corrected chi connectivity index (χ2v) is 6.21. The topological polar surface area (TPSA) is 32.3 Å². The maximum atomic E-state index is 13.6. The summed E-state index contributed by atoms with van der Waals surface area (Å²) in [7, 11) is 0. The summed E-state index contributed by atoms with van der Waals surface area (Å²) in [6, 6.07) is 8.48. The highest BCUT2D eigenvalue weighted by Crippen LogP contribution is 2.38. The highest BCUT2D eigenvalue weighted by Gasteiger charge is 2.31. The van der Waals surface area contributed by atoms with Crippen molar-refractivity contribution >= 4 is 23.5 Å². The van der Waals surface area contributed by atoms with Crippen LogP contribution in [0, 0.1) is 17.5 Å². The zero-order valence-corrected chi connectivity index (χ0v) is 12.7. The predicted octanol–water partition coefficient (Wildman–Crippen LogP) is 4.38. The van der Waals surface area contributed by atoms with Gasteiger partial charge >= 0.3 is 6.03 Å². The van der Waals surface area contributed by atoms with Crippen LogP contribution in [0.4, 0.5) is 23.7 Å². The fourth-order valence-corrected chi connectivity index (χ4v) is 3.64. The molecule has 1 heterocycles. The minimum absolute atomic E-state index is 0.0914. The van der Waals surface area contributed by atoms with Gasteiger partial charge in [-0.25, -0.2) is 18.0 Å². The molecule has 0 aliphatic carbocycles. The fourth-order valence-electron chi connectivity index (χ4n) is 2.39. The Morgan fingerprint density at radius 2 is 1.91 bits per heavy atom. The lowest BCUT2D eigenvalue weighted by atomic mass is 10.2. The quantitative estimate of drug-likeness (QED) is 0.881. The average molecular weight is 338 g/mol. The van der Waals surface area contributed by atoms with Gasteiger partial charge in [-0.3, -0.25) is 0 Å². The molecule has 1 aliphatic rings. The number of urea groups is 1. The van der Waals surface area contributed by atoms with Crippen LogP contribution in [0.15, 0.2) is 42.5 Å². The molecule has 1 fully saturated rings. The summed E-state index contributed by atoms with van der Waals surface area (Å²) in [5, 5.41) is 2.09. The zero-order valence-electron chi connectivity index (χ0n) is 11.9. The monoisotopic (exact) mass is 338 g/mol. The van der Waals surface area contributed by atoms with E-state index in [1.165, 1.54) is 34.9 Å². The van der Waals surface area contributed by atoms with E-state index in [4.69, 9.17) is 0 Å². The van der Waals surface area contributed by atoms with E-state index in [9.17, 15) is 18.0 Å². The Kier molecular flexibility index (Phi) is 4.47. The Balaban J connectivity index is 1.78. The van der Waals surface area contributed by atoms with Crippen LogP contribution in [0.25, 0.3) is 0 Å². The van der Waals surface area contributed by atoms with Crippen LogP contribution in [0.5, 0.6) is 0 Å². The van der Waals surface area contributed by atoms with Gasteiger partial charge in [-0.15, -0.1) is 11.8 Å². The van der Waals surface area contributed by atoms with Gasteiger partial charge in [0.05, 0.1) is 5.69 Å². The van der Waals surface area contributed by atoms with E-state index < -0.39 is 17.7 Å². The van der Waals surface area contributed by atoms with Gasteiger partial charge in [0, 0.05) is 18.4 Å². The molecule has 120 valence electrons. The van der Waals surface area contributed by atoms with Crippen molar-refractivity contribution in [1.82, 2.24) is 4.90 Å². The number of benzene rings is 2. The van der Waals surface area contributed by atoms with Gasteiger partial charge in [0.1, 0.15) is 22.8 Å². The molecule has 1 N–H and O–H groups in total. The van der Waals surface area contributed by atoms with Crippen molar-refractivity contribution in [3.05, 3.63) is 65.5 Å². The van der Waals surface area contributed by atoms with Crippen molar-refractivity contribution in [2.45, 2.75) is 5.37 Å². The summed E-state index contributed by atoms with van der Waals surface area (Å²) in [5.41, 5.74) is 0.577. The van der Waals surface area contributed by atoms with E-state index in [0.717, 1.165) is 6.07 Å². The van der Waals surface area contributed by atoms with Crippen LogP contribution in [0.3, 0.4) is 0 Å². The first-order valence-electron chi connectivity index (χ1n) is 6.94. The van der Waals surface area contributed by atoms with Crippen molar-refractivity contribution in [2.24, 2.45) is 0 Å². The molecular formula is C16H13F3N2OS. The van der Waals surface area contributed by atoms with Gasteiger partial charge in [0.25, 0.3) is 0 Å². The molecule has 0 spiro atoms. The molecular weight excluding hydrogens is 325 g/mol. The number of hydrogen-bond donors (Lipinski definition) is 1. The molecule has 2 amide bonds. The van der Waals surface area contributed by atoms with Gasteiger partial charge < -0.3 is 10.2 Å². The molecule has 1 unspecified atom stereocenters. The normalized spacial score (nSPS) is 17.3. The van der Waals surface area contributed by atoms with E-state index in [1.54, 1.807) is 12.1 Å². The molecule has 1 aliphatic heterocycles. The summed E-state index contributed by atoms with van der Waals surface area (Å²) >= 11 is 1.50. The minimum Gasteiger partial charge on any atom is -0.308 e. The first kappa shape index (κ1) is 15.7. The summed E-state index contributed by atoms with van der Waals surface area (Å²) in [4.78, 5) is 13.9. The number of nitrogens with one attached hydrogen (secondary N) is 1. The average Bonchev–Trinajstić information content (AvgIpc) is 2.99. The third-order valence-corrected chi connectivity index (χ3v) is 4.72. The Morgan fingerprint density at radius 1 is 1.13 bits per heavy atom. The van der Waals surface area contributed by atoms with Crippen LogP contribution < -0.4 is 5.32 Å². The van der Waals surface area contributed by atoms with Crippen LogP contribution in [-0.2, 0) is 0 Å². The van der Waals surface area contributed by atoms with E-state index in [0.29, 0.717) is 23.9 Å². The molecule has 2 aromatic rings. The van der Waals surface area contributed by atoms with Crippen molar-refractivity contribution in [3.8, 4) is 0 Å². The predicted molar refractivity (Wildman–Crippen MR) is 83.7 cm³/mol. The summed E-state index contributed by atoms with van der Waals surface area (Å²) < 4.78 is 39.9. The highest BCUT2D eigenvalue weighted by molar-refractivity contribution is 7.99. The smallest absolute Gasteiger partial charge is 0.308 e. The van der Waals surface area contributed by atoms with E-state index >= 15 is 0 Å². The van der Waals surface area contributed by atoms with Crippen molar-refractivity contribution < 1.29 is 18.0 Å². The number of carbonyl (C=O) groups excluding carboxylic acids is 1. The molecule has 1 atom stereocenters. The van der Waals surface area contributed by atoms with E-state index in [2.05, 4.69) is 5.32 Å². The Bertz CT molecular complexity index is 741. The van der Waals surface area contributed by atoms with Crippen LogP contribution in [-0.4, -0.2) is 23.2 Å². The largest absolute Gasteiger partial charge is 0.323 e. The highest BCUT2D eigenvalue weighted by atomic mass is 32.2. The number of rotatable bonds is 2. The van der Waals surface area contributed by atoms with Gasteiger partial charge in [-0.1, -0.05) is 12.1 Å². The van der Waals surface area contributed by atoms with Crippen LogP contribution in [0.1, 0.15) is 10.9 Å². The molecule has 3 rings (SSSR count). The number of carbonyl (C=O) groups is 1. The molecule has 0 saturated carbocycles. The van der Waals surface area contributed by atoms with E-state index in [1.807, 2.05) is 0 Å². The lowest BCUT2D eigenvalue weighted by molar-refractivity contribution is 0.214. The molecule has 7 heteroatoms. The molecule has 0 aromatic heterocycles. The van der Waals surface area contributed by atoms with Gasteiger partial charge in [-0.2, -0.15) is 0 Å². The standard InChI is InChI=1S/C16H13F3N2OS/c17-11-3-1-2-10(8-11)15-21(6-7-23-15)16(22)20-14-5-4-12(18)9-13(14)19/h1-5,8-9,15H,6-7H2,(H,20,22). The Hall–Kier alpha value is -2.15. The third kappa shape index (κ3) is 3.44. The van der Waals surface area contributed by atoms with Crippen LogP contribution >= 0.6 is 11.8 Å². The number of anilines is 1. The lowest BCUT2D eigenvalue weighted by Gasteiger charge is -2.24. The second-order valence-electron chi connectivity index (χ2n) is 5.03. The zero-order chi connectivity index (χ0) is 16.4. The third-order valence-electron chi connectivity index (χ3n) is 3.46. The van der Waals surface area contributed by atoms with Gasteiger partial charge in [0.2, 0.25) is 0 Å². The number of thioether (sulfide) groups is 1. The molecule has 0 radical (unpaired) electrons. The van der Waals surface area contributed by atoms with Crippen molar-refractivity contribution in [1.29, 1.82) is 0 Å². The summed E-state index contributed by atoms with van der Waals surface area (Å²) in [6.45, 7) is 0.459. The molecule has 3 nitrogen and oxygen atoms in total. The summed E-state index contributed by atoms with van der Waals surface area (Å²) in [5.74, 6) is -1.23. The summed E-state index contributed by atoms with van der Waals surface area (Å²) in [6.07, 6.45) is 0. The fraction of sp³-hybridized carbons (Fsp3) is 0.188. The number of nitrogens with zero attached hydrogens (tertiary/aromatic N) is 1. The molecule has 23 heavy (non-hydrogen) atoms. The van der Waals surface area contributed by atoms with Gasteiger partial charge in [0.15, 0.2) is 0 Å². The maximum Gasteiger partial charge on any atom is 0.323 e. The maximum absolute atomic E-state index is 13.6. The lowest BCUT2D eigenvalue weighted by Crippen LogP contribution is -2.34. The number of hydrogen-bond acceptors (Lipinski definition) is 2. The van der Waals surface area contributed by atoms with Crippen LogP contribution in [0.2, 0.25) is 0 Å². The Labute approximate surface area is 135 Å². The van der Waals surface area contributed by atoms with Crippen molar-refractivity contribution in [3.63, 3.8) is 0 Å². The van der Waals surface area contributed by atoms with Gasteiger partial charge in [-0.05, 0) is 29.8 Å². The molecule has 2 aromatic carbocycles. The van der Waals surface area contributed by atoms with E-state index in [-0.39, 0.29) is 16.9 Å². The SMILES string of the molecule is O=C(Nc1ccc(F)cc1F)N1CCSC1c1cccc(F)c1. The molecule has 1 saturated heterocycles. The van der Waals surface area contributed by atoms with Crippen molar-refractivity contribution in [2.75, 3.05) is 17.6 Å².